The molecule has 0 radical (unpaired) electrons. The van der Waals surface area contributed by atoms with Gasteiger partial charge in [-0.25, -0.2) is 4.39 Å². The van der Waals surface area contributed by atoms with E-state index < -0.39 is 23.7 Å². The summed E-state index contributed by atoms with van der Waals surface area (Å²) in [6.45, 7) is 1.49. The van der Waals surface area contributed by atoms with Crippen LogP contribution in [0.5, 0.6) is 0 Å². The Morgan fingerprint density at radius 2 is 2.19 bits per heavy atom. The third kappa shape index (κ3) is 3.65. The molecule has 0 N–H and O–H groups in total. The van der Waals surface area contributed by atoms with Crippen LogP contribution in [-0.2, 0) is 25.5 Å². The summed E-state index contributed by atoms with van der Waals surface area (Å²) in [5.74, 6) is -2.33. The molecule has 5 nitrogen and oxygen atoms in total. The number of ether oxygens (including phenoxy) is 1. The Kier molecular flexibility index (Phi) is 4.67. The minimum Gasteiger partial charge on any atom is -0.465 e. The van der Waals surface area contributed by atoms with Gasteiger partial charge < -0.3 is 4.74 Å². The molecule has 0 aliphatic carbocycles. The summed E-state index contributed by atoms with van der Waals surface area (Å²) >= 11 is 0. The maximum absolute atomic E-state index is 13.1. The lowest BCUT2D eigenvalue weighted by Gasteiger charge is -2.13. The first kappa shape index (κ1) is 15.2. The number of halogens is 1. The van der Waals surface area contributed by atoms with Gasteiger partial charge in [0.25, 0.3) is 0 Å². The van der Waals surface area contributed by atoms with Gasteiger partial charge in [-0.05, 0) is 31.0 Å². The minimum atomic E-state index is -0.606. The fraction of sp³-hybridized carbons (Fsp3) is 0.400. The number of amides is 2. The largest absolute Gasteiger partial charge is 0.465 e. The molecular formula is C15H16FNO4. The predicted octanol–water partition coefficient (Wildman–Crippen LogP) is 1.31. The number of carbonyl (C=O) groups is 3. The normalized spacial score (nSPS) is 18.2. The molecule has 1 fully saturated rings. The van der Waals surface area contributed by atoms with Crippen LogP contribution < -0.4 is 0 Å². The van der Waals surface area contributed by atoms with Gasteiger partial charge in [0.05, 0.1) is 12.5 Å². The van der Waals surface area contributed by atoms with Crippen LogP contribution in [0, 0.1) is 11.7 Å². The Morgan fingerprint density at radius 3 is 2.86 bits per heavy atom. The van der Waals surface area contributed by atoms with E-state index in [0.29, 0.717) is 5.56 Å². The molecule has 1 aliphatic heterocycles. The molecular weight excluding hydrogens is 277 g/mol. The van der Waals surface area contributed by atoms with Crippen LogP contribution in [0.25, 0.3) is 0 Å². The Morgan fingerprint density at radius 1 is 1.43 bits per heavy atom. The molecule has 1 saturated heterocycles. The van der Waals surface area contributed by atoms with Crippen molar-refractivity contribution in [1.29, 1.82) is 0 Å². The van der Waals surface area contributed by atoms with Crippen molar-refractivity contribution in [3.63, 3.8) is 0 Å². The molecule has 1 atom stereocenters. The Bertz CT molecular complexity index is 573. The lowest BCUT2D eigenvalue weighted by Crippen LogP contribution is -2.36. The van der Waals surface area contributed by atoms with Crippen molar-refractivity contribution >= 4 is 17.8 Å². The zero-order valence-corrected chi connectivity index (χ0v) is 11.7. The highest BCUT2D eigenvalue weighted by atomic mass is 19.1. The van der Waals surface area contributed by atoms with E-state index in [2.05, 4.69) is 0 Å². The van der Waals surface area contributed by atoms with Crippen LogP contribution in [0.1, 0.15) is 18.9 Å². The number of hydrogen-bond acceptors (Lipinski definition) is 4. The van der Waals surface area contributed by atoms with E-state index >= 15 is 0 Å². The van der Waals surface area contributed by atoms with E-state index in [-0.39, 0.29) is 31.8 Å². The summed E-state index contributed by atoms with van der Waals surface area (Å²) in [4.78, 5) is 36.3. The Labute approximate surface area is 121 Å². The van der Waals surface area contributed by atoms with Gasteiger partial charge in [-0.3, -0.25) is 19.3 Å². The molecule has 2 rings (SSSR count). The summed E-state index contributed by atoms with van der Waals surface area (Å²) in [5, 5.41) is 0. The van der Waals surface area contributed by atoms with Crippen LogP contribution in [0.2, 0.25) is 0 Å². The monoisotopic (exact) mass is 293 g/mol. The molecule has 0 spiro atoms. The molecule has 0 aromatic heterocycles. The quantitative estimate of drug-likeness (QED) is 0.606. The standard InChI is InChI=1S/C15H16FNO4/c1-2-21-14(19)9-17-13(18)8-11(15(17)20)6-10-4-3-5-12(16)7-10/h3-5,7,11H,2,6,8-9H2,1H3. The van der Waals surface area contributed by atoms with Crippen LogP contribution in [-0.4, -0.2) is 35.8 Å². The van der Waals surface area contributed by atoms with E-state index in [1.54, 1.807) is 19.1 Å². The maximum atomic E-state index is 13.1. The molecule has 1 unspecified atom stereocenters. The van der Waals surface area contributed by atoms with Gasteiger partial charge >= 0.3 is 5.97 Å². The van der Waals surface area contributed by atoms with Gasteiger partial charge in [0.2, 0.25) is 11.8 Å². The number of nitrogens with zero attached hydrogens (tertiary/aromatic N) is 1. The topological polar surface area (TPSA) is 63.7 Å². The van der Waals surface area contributed by atoms with E-state index in [1.807, 2.05) is 0 Å². The zero-order chi connectivity index (χ0) is 15.4. The highest BCUT2D eigenvalue weighted by molar-refractivity contribution is 6.05. The molecule has 1 aromatic rings. The zero-order valence-electron chi connectivity index (χ0n) is 11.7. The molecule has 6 heteroatoms. The Balaban J connectivity index is 2.02. The van der Waals surface area contributed by atoms with Crippen molar-refractivity contribution in [2.24, 2.45) is 5.92 Å². The van der Waals surface area contributed by atoms with E-state index in [0.717, 1.165) is 4.90 Å². The van der Waals surface area contributed by atoms with Gasteiger partial charge in [0.1, 0.15) is 12.4 Å². The summed E-state index contributed by atoms with van der Waals surface area (Å²) in [5.41, 5.74) is 0.652. The molecule has 0 bridgehead atoms. The molecule has 1 aliphatic rings. The van der Waals surface area contributed by atoms with Crippen molar-refractivity contribution in [1.82, 2.24) is 4.90 Å². The van der Waals surface area contributed by atoms with Gasteiger partial charge in [-0.1, -0.05) is 12.1 Å². The second kappa shape index (κ2) is 6.47. The number of carbonyl (C=O) groups excluding carboxylic acids is 3. The smallest absolute Gasteiger partial charge is 0.326 e. The fourth-order valence-corrected chi connectivity index (χ4v) is 2.36. The molecule has 1 heterocycles. The first-order valence-electron chi connectivity index (χ1n) is 6.75. The number of imide groups is 1. The lowest BCUT2D eigenvalue weighted by molar-refractivity contribution is -0.152. The van der Waals surface area contributed by atoms with Crippen LogP contribution in [0.3, 0.4) is 0 Å². The van der Waals surface area contributed by atoms with Crippen molar-refractivity contribution in [2.75, 3.05) is 13.2 Å². The highest BCUT2D eigenvalue weighted by Gasteiger charge is 2.39. The number of hydrogen-bond donors (Lipinski definition) is 0. The number of esters is 1. The van der Waals surface area contributed by atoms with Crippen LogP contribution in [0.4, 0.5) is 4.39 Å². The summed E-state index contributed by atoms with van der Waals surface area (Å²) in [7, 11) is 0. The summed E-state index contributed by atoms with van der Waals surface area (Å²) < 4.78 is 17.9. The van der Waals surface area contributed by atoms with Gasteiger partial charge in [-0.2, -0.15) is 0 Å². The van der Waals surface area contributed by atoms with Crippen molar-refractivity contribution < 1.29 is 23.5 Å². The predicted molar refractivity (Wildman–Crippen MR) is 71.6 cm³/mol. The van der Waals surface area contributed by atoms with E-state index in [1.165, 1.54) is 12.1 Å². The Hall–Kier alpha value is -2.24. The van der Waals surface area contributed by atoms with E-state index in [9.17, 15) is 18.8 Å². The number of likely N-dealkylation sites (tertiary alicyclic amines) is 1. The molecule has 0 saturated carbocycles. The van der Waals surface area contributed by atoms with Gasteiger partial charge in [0.15, 0.2) is 0 Å². The average molecular weight is 293 g/mol. The van der Waals surface area contributed by atoms with Gasteiger partial charge in [-0.15, -0.1) is 0 Å². The second-order valence-electron chi connectivity index (χ2n) is 4.86. The highest BCUT2D eigenvalue weighted by Crippen LogP contribution is 2.23. The molecule has 2 amide bonds. The van der Waals surface area contributed by atoms with Crippen molar-refractivity contribution in [3.8, 4) is 0 Å². The van der Waals surface area contributed by atoms with Crippen LogP contribution >= 0.6 is 0 Å². The molecule has 112 valence electrons. The van der Waals surface area contributed by atoms with Crippen molar-refractivity contribution in [2.45, 2.75) is 19.8 Å². The third-order valence-corrected chi connectivity index (χ3v) is 3.30. The minimum absolute atomic E-state index is 0.0365. The fourth-order valence-electron chi connectivity index (χ4n) is 2.36. The summed E-state index contributed by atoms with van der Waals surface area (Å²) in [6.07, 6.45) is 0.316. The van der Waals surface area contributed by atoms with Crippen LogP contribution in [0.15, 0.2) is 24.3 Å². The maximum Gasteiger partial charge on any atom is 0.326 e. The molecule has 1 aromatic carbocycles. The average Bonchev–Trinajstić information content (AvgIpc) is 2.67. The number of rotatable bonds is 5. The first-order valence-corrected chi connectivity index (χ1v) is 6.75. The third-order valence-electron chi connectivity index (χ3n) is 3.30. The molecule has 21 heavy (non-hydrogen) atoms. The van der Waals surface area contributed by atoms with Gasteiger partial charge in [0, 0.05) is 6.42 Å². The first-order chi connectivity index (χ1) is 10.0. The van der Waals surface area contributed by atoms with Crippen molar-refractivity contribution in [3.05, 3.63) is 35.6 Å². The van der Waals surface area contributed by atoms with E-state index in [4.69, 9.17) is 4.74 Å². The second-order valence-corrected chi connectivity index (χ2v) is 4.86. The summed E-state index contributed by atoms with van der Waals surface area (Å²) in [6, 6.07) is 5.92. The number of benzene rings is 1. The lowest BCUT2D eigenvalue weighted by atomic mass is 9.98. The SMILES string of the molecule is CCOC(=O)CN1C(=O)CC(Cc2cccc(F)c2)C1=O.